The fourth-order valence-electron chi connectivity index (χ4n) is 0.818. The molecule has 0 fully saturated rings. The zero-order valence-electron chi connectivity index (χ0n) is 8.77. The van der Waals surface area contributed by atoms with Crippen LogP contribution in [0.1, 0.15) is 40.0 Å². The van der Waals surface area contributed by atoms with E-state index < -0.39 is 0 Å². The van der Waals surface area contributed by atoms with E-state index in [2.05, 4.69) is 38.8 Å². The van der Waals surface area contributed by atoms with Crippen molar-refractivity contribution in [2.24, 2.45) is 0 Å². The zero-order chi connectivity index (χ0) is 11.1. The van der Waals surface area contributed by atoms with Crippen LogP contribution in [-0.4, -0.2) is 12.1 Å². The minimum absolute atomic E-state index is 0.0819. The molecule has 0 aromatic rings. The summed E-state index contributed by atoms with van der Waals surface area (Å²) in [7, 11) is 0. The Labute approximate surface area is 102 Å². The van der Waals surface area contributed by atoms with Gasteiger partial charge in [0.25, 0.3) is 0 Å². The molecule has 0 spiro atoms. The molecule has 4 heteroatoms. The molecule has 0 amide bonds. The number of carbonyl (C=O) groups excluding carboxylic acids is 1. The Bertz CT molecular complexity index is 222. The lowest BCUT2D eigenvalue weighted by Gasteiger charge is -2.08. The summed E-state index contributed by atoms with van der Waals surface area (Å²) in [5.74, 6) is -0.303. The van der Waals surface area contributed by atoms with Gasteiger partial charge in [-0.1, -0.05) is 29.3 Å². The predicted octanol–water partition coefficient (Wildman–Crippen LogP) is 4.13. The lowest BCUT2D eigenvalue weighted by atomic mass is 10.2. The van der Waals surface area contributed by atoms with Gasteiger partial charge in [0.05, 0.1) is 6.10 Å². The van der Waals surface area contributed by atoms with Crippen LogP contribution in [0.25, 0.3) is 0 Å². The molecule has 0 N–H and O–H groups in total. The quantitative estimate of drug-likeness (QED) is 0.560. The molecule has 0 aliphatic rings. The second kappa shape index (κ2) is 7.46. The molecule has 0 saturated heterocycles. The van der Waals surface area contributed by atoms with Gasteiger partial charge in [-0.05, 0) is 42.6 Å². The van der Waals surface area contributed by atoms with Gasteiger partial charge in [-0.2, -0.15) is 0 Å². The number of ether oxygens (including phenoxy) is 1. The van der Waals surface area contributed by atoms with Gasteiger partial charge in [0, 0.05) is 4.48 Å². The van der Waals surface area contributed by atoms with E-state index in [1.165, 1.54) is 0 Å². The summed E-state index contributed by atoms with van der Waals surface area (Å²) in [5, 5.41) is 0. The third-order valence-electron chi connectivity index (χ3n) is 1.51. The minimum atomic E-state index is -0.303. The molecule has 82 valence electrons. The Hall–Kier alpha value is 0.170. The van der Waals surface area contributed by atoms with Crippen molar-refractivity contribution in [1.29, 1.82) is 0 Å². The average Bonchev–Trinajstić information content (AvgIpc) is 2.11. The summed E-state index contributed by atoms with van der Waals surface area (Å²) in [6.07, 6.45) is 2.95. The Balaban J connectivity index is 4.25. The van der Waals surface area contributed by atoms with Crippen molar-refractivity contribution in [2.75, 3.05) is 0 Å². The predicted molar refractivity (Wildman–Crippen MR) is 65.6 cm³/mol. The molecular weight excluding hydrogens is 312 g/mol. The van der Waals surface area contributed by atoms with Crippen molar-refractivity contribution >= 4 is 37.8 Å². The number of carbonyl (C=O) groups is 1. The first-order valence-electron chi connectivity index (χ1n) is 4.74. The lowest BCUT2D eigenvalue weighted by Crippen LogP contribution is -2.11. The number of rotatable bonds is 5. The average molecular weight is 328 g/mol. The molecule has 0 atom stereocenters. The van der Waals surface area contributed by atoms with Crippen LogP contribution in [0.4, 0.5) is 0 Å². The van der Waals surface area contributed by atoms with E-state index in [0.29, 0.717) is 4.48 Å². The number of halogens is 2. The summed E-state index contributed by atoms with van der Waals surface area (Å²) in [5.41, 5.74) is 0. The van der Waals surface area contributed by atoms with Gasteiger partial charge in [-0.3, -0.25) is 0 Å². The Kier molecular flexibility index (Phi) is 7.55. The molecule has 0 unspecified atom stereocenters. The third kappa shape index (κ3) is 5.81. The summed E-state index contributed by atoms with van der Waals surface area (Å²) in [6, 6.07) is 0. The highest BCUT2D eigenvalue weighted by molar-refractivity contribution is 9.14. The standard InChI is InChI=1S/C10H16Br2O2/c1-4-5-6-8(11)9(12)10(13)14-7(2)3/h7H,4-6H2,1-3H3. The van der Waals surface area contributed by atoms with Crippen molar-refractivity contribution in [3.63, 3.8) is 0 Å². The second-order valence-electron chi connectivity index (χ2n) is 3.28. The highest BCUT2D eigenvalue weighted by Gasteiger charge is 2.13. The molecule has 14 heavy (non-hydrogen) atoms. The Morgan fingerprint density at radius 2 is 1.93 bits per heavy atom. The fraction of sp³-hybridized carbons (Fsp3) is 0.700. The van der Waals surface area contributed by atoms with Crippen LogP contribution in [0.5, 0.6) is 0 Å². The first kappa shape index (κ1) is 14.2. The van der Waals surface area contributed by atoms with Crippen LogP contribution in [0.15, 0.2) is 8.96 Å². The van der Waals surface area contributed by atoms with Gasteiger partial charge in [0.2, 0.25) is 0 Å². The van der Waals surface area contributed by atoms with Crippen molar-refractivity contribution in [1.82, 2.24) is 0 Å². The van der Waals surface area contributed by atoms with Crippen molar-refractivity contribution in [3.8, 4) is 0 Å². The van der Waals surface area contributed by atoms with E-state index >= 15 is 0 Å². The second-order valence-corrected chi connectivity index (χ2v) is 5.03. The maximum Gasteiger partial charge on any atom is 0.346 e. The minimum Gasteiger partial charge on any atom is -0.459 e. The highest BCUT2D eigenvalue weighted by atomic mass is 79.9. The van der Waals surface area contributed by atoms with E-state index in [1.54, 1.807) is 0 Å². The molecule has 0 heterocycles. The van der Waals surface area contributed by atoms with Gasteiger partial charge in [0.1, 0.15) is 4.48 Å². The van der Waals surface area contributed by atoms with Crippen molar-refractivity contribution in [3.05, 3.63) is 8.96 Å². The van der Waals surface area contributed by atoms with Crippen molar-refractivity contribution in [2.45, 2.75) is 46.1 Å². The number of esters is 1. The highest BCUT2D eigenvalue weighted by Crippen LogP contribution is 2.24. The van der Waals surface area contributed by atoms with Crippen LogP contribution in [0, 0.1) is 0 Å². The van der Waals surface area contributed by atoms with Crippen LogP contribution in [0.3, 0.4) is 0 Å². The van der Waals surface area contributed by atoms with E-state index in [-0.39, 0.29) is 12.1 Å². The van der Waals surface area contributed by atoms with E-state index in [9.17, 15) is 4.79 Å². The van der Waals surface area contributed by atoms with Crippen molar-refractivity contribution < 1.29 is 9.53 Å². The maximum absolute atomic E-state index is 11.4. The maximum atomic E-state index is 11.4. The summed E-state index contributed by atoms with van der Waals surface area (Å²) >= 11 is 6.59. The lowest BCUT2D eigenvalue weighted by molar-refractivity contribution is -0.141. The molecule has 0 bridgehead atoms. The smallest absolute Gasteiger partial charge is 0.346 e. The van der Waals surface area contributed by atoms with Crippen LogP contribution < -0.4 is 0 Å². The zero-order valence-corrected chi connectivity index (χ0v) is 11.9. The van der Waals surface area contributed by atoms with E-state index in [1.807, 2.05) is 13.8 Å². The monoisotopic (exact) mass is 326 g/mol. The molecule has 0 rings (SSSR count). The van der Waals surface area contributed by atoms with Gasteiger partial charge in [-0.25, -0.2) is 4.79 Å². The number of unbranched alkanes of at least 4 members (excludes halogenated alkanes) is 1. The largest absolute Gasteiger partial charge is 0.459 e. The summed E-state index contributed by atoms with van der Waals surface area (Å²) in [6.45, 7) is 5.77. The molecule has 0 radical (unpaired) electrons. The van der Waals surface area contributed by atoms with Crippen LogP contribution in [0.2, 0.25) is 0 Å². The van der Waals surface area contributed by atoms with Gasteiger partial charge < -0.3 is 4.74 Å². The summed E-state index contributed by atoms with van der Waals surface area (Å²) < 4.78 is 6.42. The SMILES string of the molecule is CCCCC(Br)=C(Br)C(=O)OC(C)C. The fourth-order valence-corrected chi connectivity index (χ4v) is 1.55. The molecule has 0 aliphatic carbocycles. The molecule has 0 aromatic heterocycles. The first-order chi connectivity index (χ1) is 6.49. The molecule has 0 aliphatic heterocycles. The number of hydrogen-bond donors (Lipinski definition) is 0. The number of hydrogen-bond acceptors (Lipinski definition) is 2. The van der Waals surface area contributed by atoms with E-state index in [0.717, 1.165) is 23.7 Å². The number of allylic oxidation sites excluding steroid dienone is 1. The van der Waals surface area contributed by atoms with Gasteiger partial charge in [-0.15, -0.1) is 0 Å². The van der Waals surface area contributed by atoms with Crippen LogP contribution in [-0.2, 0) is 9.53 Å². The molecule has 0 saturated carbocycles. The van der Waals surface area contributed by atoms with E-state index in [4.69, 9.17) is 4.74 Å². The normalized spacial score (nSPS) is 12.7. The molecule has 2 nitrogen and oxygen atoms in total. The molecule has 0 aromatic carbocycles. The van der Waals surface area contributed by atoms with Gasteiger partial charge in [0.15, 0.2) is 0 Å². The third-order valence-corrected chi connectivity index (χ3v) is 3.64. The van der Waals surface area contributed by atoms with Crippen LogP contribution >= 0.6 is 31.9 Å². The van der Waals surface area contributed by atoms with Gasteiger partial charge >= 0.3 is 5.97 Å². The summed E-state index contributed by atoms with van der Waals surface area (Å²) in [4.78, 5) is 11.4. The Morgan fingerprint density at radius 1 is 1.36 bits per heavy atom. The molecular formula is C10H16Br2O2. The topological polar surface area (TPSA) is 26.3 Å². The first-order valence-corrected chi connectivity index (χ1v) is 6.32. The Morgan fingerprint density at radius 3 is 2.36 bits per heavy atom.